The molecule has 0 aromatic carbocycles. The summed E-state index contributed by atoms with van der Waals surface area (Å²) in [7, 11) is 0. The van der Waals surface area contributed by atoms with E-state index < -0.39 is 0 Å². The molecule has 2 heterocycles. The number of hydrogen-bond acceptors (Lipinski definition) is 3. The smallest absolute Gasteiger partial charge is 0.203 e. The van der Waals surface area contributed by atoms with Crippen molar-refractivity contribution in [1.82, 2.24) is 9.55 Å². The van der Waals surface area contributed by atoms with Crippen LogP contribution in [0.4, 0.5) is 5.95 Å². The standard InChI is InChI=1S/C13H19N3S/c1-3-7-16-8-6-14-13(16)15-10-12-11(4-2)5-9-17-12/h5-6,8-9H,3-4,7,10H2,1-2H3,(H,14,15). The highest BCUT2D eigenvalue weighted by Crippen LogP contribution is 2.18. The molecule has 0 bridgehead atoms. The van der Waals surface area contributed by atoms with E-state index in [2.05, 4.69) is 40.2 Å². The monoisotopic (exact) mass is 249 g/mol. The van der Waals surface area contributed by atoms with E-state index in [1.807, 2.05) is 23.7 Å². The van der Waals surface area contributed by atoms with Gasteiger partial charge in [0.15, 0.2) is 0 Å². The Morgan fingerprint density at radius 1 is 1.41 bits per heavy atom. The zero-order chi connectivity index (χ0) is 12.1. The van der Waals surface area contributed by atoms with E-state index in [-0.39, 0.29) is 0 Å². The van der Waals surface area contributed by atoms with Gasteiger partial charge in [0, 0.05) is 23.8 Å². The summed E-state index contributed by atoms with van der Waals surface area (Å²) in [6, 6.07) is 2.21. The van der Waals surface area contributed by atoms with Crippen molar-refractivity contribution in [2.24, 2.45) is 0 Å². The summed E-state index contributed by atoms with van der Waals surface area (Å²) in [6.07, 6.45) is 6.11. The van der Waals surface area contributed by atoms with Gasteiger partial charge >= 0.3 is 0 Å². The lowest BCUT2D eigenvalue weighted by atomic mass is 10.2. The largest absolute Gasteiger partial charge is 0.351 e. The Kier molecular flexibility index (Phi) is 4.20. The van der Waals surface area contributed by atoms with Crippen molar-refractivity contribution in [2.45, 2.75) is 39.8 Å². The summed E-state index contributed by atoms with van der Waals surface area (Å²) in [6.45, 7) is 6.27. The van der Waals surface area contributed by atoms with Gasteiger partial charge in [0.2, 0.25) is 5.95 Å². The van der Waals surface area contributed by atoms with E-state index in [4.69, 9.17) is 0 Å². The molecule has 2 aromatic rings. The van der Waals surface area contributed by atoms with Gasteiger partial charge in [-0.2, -0.15) is 0 Å². The molecule has 0 fully saturated rings. The van der Waals surface area contributed by atoms with Crippen LogP contribution in [0.1, 0.15) is 30.7 Å². The quantitative estimate of drug-likeness (QED) is 0.848. The van der Waals surface area contributed by atoms with Gasteiger partial charge in [-0.1, -0.05) is 13.8 Å². The number of nitrogens with zero attached hydrogens (tertiary/aromatic N) is 2. The second-order valence-corrected chi connectivity index (χ2v) is 5.02. The maximum Gasteiger partial charge on any atom is 0.203 e. The van der Waals surface area contributed by atoms with Crippen molar-refractivity contribution < 1.29 is 0 Å². The maximum absolute atomic E-state index is 4.35. The van der Waals surface area contributed by atoms with Crippen LogP contribution in [0.25, 0.3) is 0 Å². The summed E-state index contributed by atoms with van der Waals surface area (Å²) in [5.41, 5.74) is 1.44. The van der Waals surface area contributed by atoms with Crippen molar-refractivity contribution in [3.8, 4) is 0 Å². The molecule has 0 amide bonds. The lowest BCUT2D eigenvalue weighted by molar-refractivity contribution is 0.682. The predicted molar refractivity (Wildman–Crippen MR) is 73.5 cm³/mol. The molecule has 0 aliphatic rings. The number of imidazole rings is 1. The molecular weight excluding hydrogens is 230 g/mol. The van der Waals surface area contributed by atoms with Crippen LogP contribution in [0.15, 0.2) is 23.8 Å². The Balaban J connectivity index is 1.99. The number of hydrogen-bond donors (Lipinski definition) is 1. The zero-order valence-corrected chi connectivity index (χ0v) is 11.3. The third-order valence-corrected chi connectivity index (χ3v) is 3.77. The molecule has 0 saturated heterocycles. The molecule has 0 aliphatic carbocycles. The fourth-order valence-corrected chi connectivity index (χ4v) is 2.81. The van der Waals surface area contributed by atoms with Crippen LogP contribution >= 0.6 is 11.3 Å². The van der Waals surface area contributed by atoms with Crippen molar-refractivity contribution in [3.05, 3.63) is 34.3 Å². The highest BCUT2D eigenvalue weighted by molar-refractivity contribution is 7.10. The van der Waals surface area contributed by atoms with Gasteiger partial charge in [0.25, 0.3) is 0 Å². The summed E-state index contributed by atoms with van der Waals surface area (Å²) in [5.74, 6) is 0.974. The van der Waals surface area contributed by atoms with Crippen molar-refractivity contribution >= 4 is 17.3 Å². The summed E-state index contributed by atoms with van der Waals surface area (Å²) >= 11 is 1.82. The first-order valence-corrected chi connectivity index (χ1v) is 7.03. The topological polar surface area (TPSA) is 29.9 Å². The molecule has 0 atom stereocenters. The summed E-state index contributed by atoms with van der Waals surface area (Å²) in [4.78, 5) is 5.76. The average Bonchev–Trinajstić information content (AvgIpc) is 2.95. The molecule has 2 rings (SSSR count). The normalized spacial score (nSPS) is 10.7. The number of anilines is 1. The summed E-state index contributed by atoms with van der Waals surface area (Å²) in [5, 5.41) is 5.58. The highest BCUT2D eigenvalue weighted by Gasteiger charge is 2.05. The van der Waals surface area contributed by atoms with Crippen molar-refractivity contribution in [1.29, 1.82) is 0 Å². The van der Waals surface area contributed by atoms with Crippen LogP contribution in [0.5, 0.6) is 0 Å². The third kappa shape index (κ3) is 2.88. The number of aromatic nitrogens is 2. The SMILES string of the molecule is CCCn1ccnc1NCc1sccc1CC. The van der Waals surface area contributed by atoms with E-state index in [1.54, 1.807) is 0 Å². The minimum absolute atomic E-state index is 0.877. The van der Waals surface area contributed by atoms with Crippen LogP contribution < -0.4 is 5.32 Å². The molecule has 0 radical (unpaired) electrons. The minimum Gasteiger partial charge on any atom is -0.351 e. The Labute approximate surface area is 107 Å². The first-order chi connectivity index (χ1) is 8.35. The Bertz CT molecular complexity index is 459. The van der Waals surface area contributed by atoms with Gasteiger partial charge in [0.05, 0.1) is 6.54 Å². The van der Waals surface area contributed by atoms with E-state index in [0.29, 0.717) is 0 Å². The van der Waals surface area contributed by atoms with E-state index in [0.717, 1.165) is 31.9 Å². The molecule has 0 spiro atoms. The molecule has 0 saturated carbocycles. The molecule has 1 N–H and O–H groups in total. The Morgan fingerprint density at radius 2 is 2.29 bits per heavy atom. The first kappa shape index (κ1) is 12.2. The third-order valence-electron chi connectivity index (χ3n) is 2.81. The molecule has 4 heteroatoms. The molecule has 92 valence electrons. The van der Waals surface area contributed by atoms with Crippen molar-refractivity contribution in [2.75, 3.05) is 5.32 Å². The fraction of sp³-hybridized carbons (Fsp3) is 0.462. The van der Waals surface area contributed by atoms with Crippen LogP contribution in [0.2, 0.25) is 0 Å². The van der Waals surface area contributed by atoms with Crippen molar-refractivity contribution in [3.63, 3.8) is 0 Å². The van der Waals surface area contributed by atoms with Gasteiger partial charge in [-0.15, -0.1) is 11.3 Å². The van der Waals surface area contributed by atoms with Crippen LogP contribution in [0, 0.1) is 0 Å². The lowest BCUT2D eigenvalue weighted by Gasteiger charge is -2.08. The number of thiophene rings is 1. The predicted octanol–water partition coefficient (Wildman–Crippen LogP) is 3.53. The number of rotatable bonds is 6. The van der Waals surface area contributed by atoms with Crippen LogP contribution in [-0.2, 0) is 19.5 Å². The molecule has 0 unspecified atom stereocenters. The second kappa shape index (κ2) is 5.87. The maximum atomic E-state index is 4.35. The van der Waals surface area contributed by atoms with Gasteiger partial charge in [-0.05, 0) is 29.9 Å². The van der Waals surface area contributed by atoms with E-state index >= 15 is 0 Å². The molecule has 0 aliphatic heterocycles. The van der Waals surface area contributed by atoms with Gasteiger partial charge in [-0.25, -0.2) is 4.98 Å². The van der Waals surface area contributed by atoms with Gasteiger partial charge in [0.1, 0.15) is 0 Å². The number of nitrogens with one attached hydrogen (secondary N) is 1. The first-order valence-electron chi connectivity index (χ1n) is 6.15. The fourth-order valence-electron chi connectivity index (χ4n) is 1.89. The van der Waals surface area contributed by atoms with Gasteiger partial charge in [-0.3, -0.25) is 0 Å². The Morgan fingerprint density at radius 3 is 3.06 bits per heavy atom. The number of aryl methyl sites for hydroxylation is 2. The highest BCUT2D eigenvalue weighted by atomic mass is 32.1. The van der Waals surface area contributed by atoms with E-state index in [1.165, 1.54) is 10.4 Å². The lowest BCUT2D eigenvalue weighted by Crippen LogP contribution is -2.07. The molecular formula is C13H19N3S. The van der Waals surface area contributed by atoms with Crippen LogP contribution in [0.3, 0.4) is 0 Å². The van der Waals surface area contributed by atoms with Crippen LogP contribution in [-0.4, -0.2) is 9.55 Å². The average molecular weight is 249 g/mol. The molecule has 3 nitrogen and oxygen atoms in total. The second-order valence-electron chi connectivity index (χ2n) is 4.02. The van der Waals surface area contributed by atoms with Gasteiger partial charge < -0.3 is 9.88 Å². The molecule has 17 heavy (non-hydrogen) atoms. The Hall–Kier alpha value is -1.29. The molecule has 2 aromatic heterocycles. The summed E-state index contributed by atoms with van der Waals surface area (Å²) < 4.78 is 2.17. The minimum atomic E-state index is 0.877. The van der Waals surface area contributed by atoms with E-state index in [9.17, 15) is 0 Å². The zero-order valence-electron chi connectivity index (χ0n) is 10.4.